The van der Waals surface area contributed by atoms with Crippen LogP contribution in [0.1, 0.15) is 76.0 Å². The highest BCUT2D eigenvalue weighted by Crippen LogP contribution is 2.46. The third-order valence-corrected chi connectivity index (χ3v) is 8.42. The number of aryl methyl sites for hydroxylation is 1. The lowest BCUT2D eigenvalue weighted by atomic mass is 9.80. The smallest absolute Gasteiger partial charge is 0.302 e. The van der Waals surface area contributed by atoms with Crippen LogP contribution >= 0.6 is 0 Å². The van der Waals surface area contributed by atoms with Gasteiger partial charge in [0.2, 0.25) is 0 Å². The second-order valence-corrected chi connectivity index (χ2v) is 10.9. The second-order valence-electron chi connectivity index (χ2n) is 10.9. The predicted molar refractivity (Wildman–Crippen MR) is 144 cm³/mol. The van der Waals surface area contributed by atoms with Gasteiger partial charge in [-0.25, -0.2) is 0 Å². The van der Waals surface area contributed by atoms with E-state index < -0.39 is 0 Å². The maximum absolute atomic E-state index is 12.1. The van der Waals surface area contributed by atoms with Crippen molar-refractivity contribution in [3.05, 3.63) is 47.5 Å². The summed E-state index contributed by atoms with van der Waals surface area (Å²) in [5.74, 6) is 1.11. The molecule has 0 radical (unpaired) electrons. The van der Waals surface area contributed by atoms with Gasteiger partial charge in [0.05, 0.1) is 14.2 Å². The summed E-state index contributed by atoms with van der Waals surface area (Å²) in [5, 5.41) is 0. The number of piperidine rings is 2. The molecule has 2 fully saturated rings. The van der Waals surface area contributed by atoms with E-state index in [1.807, 2.05) is 12.1 Å². The van der Waals surface area contributed by atoms with Crippen molar-refractivity contribution < 1.29 is 28.5 Å². The van der Waals surface area contributed by atoms with Gasteiger partial charge in [-0.1, -0.05) is 18.6 Å². The van der Waals surface area contributed by atoms with Crippen molar-refractivity contribution >= 4 is 11.9 Å². The van der Waals surface area contributed by atoms with Crippen molar-refractivity contribution in [3.63, 3.8) is 0 Å². The molecular formula is C31H39NO6. The van der Waals surface area contributed by atoms with Crippen LogP contribution < -0.4 is 9.47 Å². The van der Waals surface area contributed by atoms with Crippen LogP contribution in [0.15, 0.2) is 36.4 Å². The van der Waals surface area contributed by atoms with Gasteiger partial charge >= 0.3 is 11.9 Å². The van der Waals surface area contributed by atoms with Crippen molar-refractivity contribution in [2.45, 2.75) is 95.5 Å². The number of benzene rings is 2. The monoisotopic (exact) mass is 521 g/mol. The van der Waals surface area contributed by atoms with E-state index in [2.05, 4.69) is 29.2 Å². The van der Waals surface area contributed by atoms with Crippen molar-refractivity contribution in [3.8, 4) is 22.6 Å². The molecule has 38 heavy (non-hydrogen) atoms. The SMILES string of the molecule is COc1ccc2cc1-c1cc(ccc1OC)[C@H]1C[C@@H](OC(C)=O)C[C@@H]3CCC[C@H](C[C@H](OC(C)=O)CC2)N31. The van der Waals surface area contributed by atoms with Crippen molar-refractivity contribution in [2.24, 2.45) is 0 Å². The van der Waals surface area contributed by atoms with Crippen LogP contribution in [0.2, 0.25) is 0 Å². The zero-order chi connectivity index (χ0) is 26.8. The zero-order valence-electron chi connectivity index (χ0n) is 22.9. The molecular weight excluding hydrogens is 482 g/mol. The molecule has 0 amide bonds. The maximum Gasteiger partial charge on any atom is 0.302 e. The molecule has 0 aliphatic carbocycles. The zero-order valence-corrected chi connectivity index (χ0v) is 22.9. The molecule has 7 heteroatoms. The minimum atomic E-state index is -0.233. The Morgan fingerprint density at radius 3 is 2.03 bits per heavy atom. The number of ether oxygens (including phenoxy) is 4. The minimum absolute atomic E-state index is 0.0703. The summed E-state index contributed by atoms with van der Waals surface area (Å²) < 4.78 is 23.3. The molecule has 5 rings (SSSR count). The Morgan fingerprint density at radius 2 is 1.37 bits per heavy atom. The van der Waals surface area contributed by atoms with E-state index in [0.29, 0.717) is 6.04 Å². The fourth-order valence-corrected chi connectivity index (χ4v) is 6.94. The van der Waals surface area contributed by atoms with Crippen LogP contribution in [0.5, 0.6) is 11.5 Å². The lowest BCUT2D eigenvalue weighted by Crippen LogP contribution is -2.55. The highest BCUT2D eigenvalue weighted by molar-refractivity contribution is 5.77. The first-order chi connectivity index (χ1) is 18.4. The van der Waals surface area contributed by atoms with Gasteiger partial charge in [0.15, 0.2) is 0 Å². The van der Waals surface area contributed by atoms with Crippen molar-refractivity contribution in [1.29, 1.82) is 0 Å². The van der Waals surface area contributed by atoms with E-state index in [1.165, 1.54) is 25.0 Å². The summed E-state index contributed by atoms with van der Waals surface area (Å²) in [4.78, 5) is 26.7. The maximum atomic E-state index is 12.1. The fourth-order valence-electron chi connectivity index (χ4n) is 6.94. The molecule has 0 unspecified atom stereocenters. The van der Waals surface area contributed by atoms with Gasteiger partial charge < -0.3 is 18.9 Å². The van der Waals surface area contributed by atoms with Gasteiger partial charge in [-0.05, 0) is 67.5 Å². The Morgan fingerprint density at radius 1 is 0.763 bits per heavy atom. The molecule has 0 saturated carbocycles. The van der Waals surface area contributed by atoms with Gasteiger partial charge in [-0.3, -0.25) is 14.5 Å². The van der Waals surface area contributed by atoms with Gasteiger partial charge in [0.25, 0.3) is 0 Å². The average Bonchev–Trinajstić information content (AvgIpc) is 2.90. The molecule has 3 heterocycles. The summed E-state index contributed by atoms with van der Waals surface area (Å²) in [6.45, 7) is 3.00. The minimum Gasteiger partial charge on any atom is -0.496 e. The third-order valence-electron chi connectivity index (χ3n) is 8.42. The highest BCUT2D eigenvalue weighted by Gasteiger charge is 2.44. The molecule has 3 aliphatic rings. The molecule has 0 N–H and O–H groups in total. The van der Waals surface area contributed by atoms with E-state index in [-0.39, 0.29) is 36.2 Å². The lowest BCUT2D eigenvalue weighted by Gasteiger charge is -2.52. The number of nitrogens with zero attached hydrogens (tertiary/aromatic N) is 1. The number of hydrogen-bond acceptors (Lipinski definition) is 7. The fraction of sp³-hybridized carbons (Fsp3) is 0.548. The quantitative estimate of drug-likeness (QED) is 0.483. The summed E-state index contributed by atoms with van der Waals surface area (Å²) in [6.07, 6.45) is 6.89. The number of esters is 2. The summed E-state index contributed by atoms with van der Waals surface area (Å²) in [6, 6.07) is 13.3. The number of fused-ring (bicyclic) bond motifs is 6. The number of hydrogen-bond donors (Lipinski definition) is 0. The Kier molecular flexibility index (Phi) is 7.93. The Balaban J connectivity index is 1.66. The summed E-state index contributed by atoms with van der Waals surface area (Å²) in [5.41, 5.74) is 4.30. The van der Waals surface area contributed by atoms with E-state index in [0.717, 1.165) is 74.0 Å². The molecule has 0 spiro atoms. The summed E-state index contributed by atoms with van der Waals surface area (Å²) >= 11 is 0. The third kappa shape index (κ3) is 5.53. The Bertz CT molecular complexity index is 1180. The van der Waals surface area contributed by atoms with Crippen LogP contribution in [-0.4, -0.2) is 55.3 Å². The molecule has 0 aromatic heterocycles. The van der Waals surface area contributed by atoms with E-state index in [9.17, 15) is 9.59 Å². The van der Waals surface area contributed by atoms with Gasteiger partial charge in [-0.15, -0.1) is 0 Å². The molecule has 4 bridgehead atoms. The average molecular weight is 522 g/mol. The van der Waals surface area contributed by atoms with Gasteiger partial charge in [0, 0.05) is 55.9 Å². The first-order valence-electron chi connectivity index (χ1n) is 13.8. The molecule has 204 valence electrons. The van der Waals surface area contributed by atoms with Crippen LogP contribution in [0.3, 0.4) is 0 Å². The molecule has 2 aromatic carbocycles. The lowest BCUT2D eigenvalue weighted by molar-refractivity contribution is -0.154. The molecule has 2 aromatic rings. The number of methoxy groups -OCH3 is 2. The normalized spacial score (nSPS) is 27.0. The second kappa shape index (κ2) is 11.4. The van der Waals surface area contributed by atoms with Gasteiger partial charge in [-0.2, -0.15) is 0 Å². The van der Waals surface area contributed by atoms with Crippen LogP contribution in [-0.2, 0) is 25.5 Å². The van der Waals surface area contributed by atoms with Crippen molar-refractivity contribution in [2.75, 3.05) is 14.2 Å². The van der Waals surface area contributed by atoms with Gasteiger partial charge in [0.1, 0.15) is 23.7 Å². The highest BCUT2D eigenvalue weighted by atomic mass is 16.5. The summed E-state index contributed by atoms with van der Waals surface area (Å²) in [7, 11) is 3.38. The van der Waals surface area contributed by atoms with Crippen LogP contribution in [0.25, 0.3) is 11.1 Å². The largest absolute Gasteiger partial charge is 0.496 e. The molecule has 2 saturated heterocycles. The number of rotatable bonds is 4. The Labute approximate surface area is 225 Å². The van der Waals surface area contributed by atoms with E-state index in [1.54, 1.807) is 14.2 Å². The van der Waals surface area contributed by atoms with E-state index in [4.69, 9.17) is 18.9 Å². The first-order valence-corrected chi connectivity index (χ1v) is 13.8. The molecule has 3 aliphatic heterocycles. The number of carbonyl (C=O) groups is 2. The predicted octanol–water partition coefficient (Wildman–Crippen LogP) is 5.63. The first kappa shape index (κ1) is 26.5. The molecule has 7 nitrogen and oxygen atoms in total. The number of carbonyl (C=O) groups excluding carboxylic acids is 2. The topological polar surface area (TPSA) is 74.3 Å². The Hall–Kier alpha value is -3.06. The van der Waals surface area contributed by atoms with Crippen LogP contribution in [0, 0.1) is 0 Å². The van der Waals surface area contributed by atoms with E-state index >= 15 is 0 Å². The standard InChI is InChI=1S/C31H39NO6/c1-19(33)37-25-11-8-21-9-12-30(35-3)27(14-21)28-15-22(10-13-31(28)36-4)29-18-26(38-20(2)34)17-24-7-5-6-23(16-25)32(24)29/h9-10,12-15,23-26,29H,5-8,11,16-18H2,1-4H3/t23-,24+,25-,26+,29-/m1/s1. The molecule has 5 atom stereocenters. The van der Waals surface area contributed by atoms with Crippen LogP contribution in [0.4, 0.5) is 0 Å². The van der Waals surface area contributed by atoms with Crippen molar-refractivity contribution in [1.82, 2.24) is 4.90 Å².